The van der Waals surface area contributed by atoms with Gasteiger partial charge < -0.3 is 14.5 Å². The molecule has 6 heteroatoms. The molecule has 1 amide bonds. The minimum Gasteiger partial charge on any atom is -0.494 e. The van der Waals surface area contributed by atoms with Gasteiger partial charge in [0.15, 0.2) is 0 Å². The Morgan fingerprint density at radius 1 is 1.03 bits per heavy atom. The fraction of sp³-hybridized carbons (Fsp3) is 0.0870. The van der Waals surface area contributed by atoms with Crippen LogP contribution in [0.1, 0.15) is 17.3 Å². The summed E-state index contributed by atoms with van der Waals surface area (Å²) in [7, 11) is 0. The van der Waals surface area contributed by atoms with Crippen molar-refractivity contribution in [2.45, 2.75) is 6.92 Å². The van der Waals surface area contributed by atoms with Crippen molar-refractivity contribution in [3.63, 3.8) is 0 Å². The van der Waals surface area contributed by atoms with Crippen LogP contribution in [0.15, 0.2) is 82.0 Å². The Balaban J connectivity index is 1.55. The molecule has 4 aromatic rings. The van der Waals surface area contributed by atoms with Gasteiger partial charge in [-0.05, 0) is 61.5 Å². The summed E-state index contributed by atoms with van der Waals surface area (Å²) in [5.74, 6) is 0.638. The average Bonchev–Trinajstić information content (AvgIpc) is 2.75. The first-order valence-electron chi connectivity index (χ1n) is 9.18. The maximum atomic E-state index is 12.5. The molecule has 0 spiro atoms. The van der Waals surface area contributed by atoms with Crippen LogP contribution in [-0.4, -0.2) is 17.5 Å². The number of aromatic nitrogens is 1. The lowest BCUT2D eigenvalue weighted by atomic mass is 10.1. The number of anilines is 1. The number of hydrogen-bond donors (Lipinski definition) is 1. The first-order valence-corrected chi connectivity index (χ1v) is 9.18. The van der Waals surface area contributed by atoms with Crippen molar-refractivity contribution in [1.82, 2.24) is 4.98 Å². The third-order valence-corrected chi connectivity index (χ3v) is 4.33. The number of para-hydroxylation sites is 1. The summed E-state index contributed by atoms with van der Waals surface area (Å²) in [6, 6.07) is 21.0. The first kappa shape index (κ1) is 18.4. The summed E-state index contributed by atoms with van der Waals surface area (Å²) in [6.07, 6.45) is 0. The van der Waals surface area contributed by atoms with Crippen LogP contribution in [0, 0.1) is 0 Å². The molecule has 1 heterocycles. The maximum Gasteiger partial charge on any atom is 0.347 e. The Kier molecular flexibility index (Phi) is 5.07. The highest BCUT2D eigenvalue weighted by molar-refractivity contribution is 6.04. The molecule has 0 fully saturated rings. The van der Waals surface area contributed by atoms with Crippen LogP contribution < -0.4 is 15.7 Å². The molecule has 0 radical (unpaired) electrons. The van der Waals surface area contributed by atoms with E-state index in [4.69, 9.17) is 9.15 Å². The van der Waals surface area contributed by atoms with E-state index in [0.717, 1.165) is 0 Å². The number of rotatable bonds is 5. The lowest BCUT2D eigenvalue weighted by molar-refractivity contribution is 0.102. The molecule has 1 N–H and O–H groups in total. The van der Waals surface area contributed by atoms with Crippen molar-refractivity contribution in [2.24, 2.45) is 0 Å². The molecule has 0 aliphatic rings. The Bertz CT molecular complexity index is 1230. The molecule has 144 valence electrons. The topological polar surface area (TPSA) is 81.4 Å². The van der Waals surface area contributed by atoms with Gasteiger partial charge in [-0.3, -0.25) is 4.79 Å². The smallest absolute Gasteiger partial charge is 0.347 e. The monoisotopic (exact) mass is 386 g/mol. The number of nitrogens with one attached hydrogen (secondary N) is 1. The first-order chi connectivity index (χ1) is 14.1. The standard InChI is InChI=1S/C23H18N2O4/c1-2-28-18-7-5-6-16(14-18)21(26)24-17-12-10-15(11-13-17)22-25-20-9-4-3-8-19(20)23(27)29-22/h3-14H,2H2,1H3,(H,24,26). The van der Waals surface area contributed by atoms with E-state index in [0.29, 0.717) is 40.1 Å². The molecule has 0 bridgehead atoms. The van der Waals surface area contributed by atoms with Crippen LogP contribution in [0.4, 0.5) is 5.69 Å². The van der Waals surface area contributed by atoms with Crippen LogP contribution >= 0.6 is 0 Å². The Hall–Kier alpha value is -3.93. The van der Waals surface area contributed by atoms with Crippen LogP contribution in [0.25, 0.3) is 22.4 Å². The normalized spacial score (nSPS) is 10.7. The van der Waals surface area contributed by atoms with Gasteiger partial charge in [-0.1, -0.05) is 18.2 Å². The van der Waals surface area contributed by atoms with Gasteiger partial charge in [0, 0.05) is 16.8 Å². The molecule has 6 nitrogen and oxygen atoms in total. The molecular formula is C23H18N2O4. The molecule has 0 aliphatic heterocycles. The number of carbonyl (C=O) groups excluding carboxylic acids is 1. The number of hydrogen-bond acceptors (Lipinski definition) is 5. The fourth-order valence-corrected chi connectivity index (χ4v) is 2.94. The Morgan fingerprint density at radius 3 is 2.62 bits per heavy atom. The van der Waals surface area contributed by atoms with Crippen LogP contribution in [0.3, 0.4) is 0 Å². The zero-order valence-corrected chi connectivity index (χ0v) is 15.7. The minimum absolute atomic E-state index is 0.232. The van der Waals surface area contributed by atoms with E-state index in [9.17, 15) is 9.59 Å². The molecular weight excluding hydrogens is 368 g/mol. The molecule has 4 rings (SSSR count). The van der Waals surface area contributed by atoms with Crippen LogP contribution in [0.5, 0.6) is 5.75 Å². The number of carbonyl (C=O) groups is 1. The van der Waals surface area contributed by atoms with Crippen molar-refractivity contribution in [3.05, 3.63) is 88.8 Å². The molecule has 0 atom stereocenters. The zero-order chi connectivity index (χ0) is 20.2. The van der Waals surface area contributed by atoms with E-state index in [1.165, 1.54) is 0 Å². The van der Waals surface area contributed by atoms with Gasteiger partial charge in [0.05, 0.1) is 17.5 Å². The summed E-state index contributed by atoms with van der Waals surface area (Å²) in [5, 5.41) is 3.28. The summed E-state index contributed by atoms with van der Waals surface area (Å²) in [4.78, 5) is 29.0. The largest absolute Gasteiger partial charge is 0.494 e. The van der Waals surface area contributed by atoms with Crippen molar-refractivity contribution in [3.8, 4) is 17.2 Å². The highest BCUT2D eigenvalue weighted by Gasteiger charge is 2.10. The molecule has 0 aliphatic carbocycles. The summed E-state index contributed by atoms with van der Waals surface area (Å²) >= 11 is 0. The number of ether oxygens (including phenoxy) is 1. The molecule has 29 heavy (non-hydrogen) atoms. The lowest BCUT2D eigenvalue weighted by Gasteiger charge is -2.08. The predicted molar refractivity (Wildman–Crippen MR) is 111 cm³/mol. The van der Waals surface area contributed by atoms with E-state index in [1.54, 1.807) is 66.7 Å². The van der Waals surface area contributed by atoms with Gasteiger partial charge in [0.25, 0.3) is 5.91 Å². The lowest BCUT2D eigenvalue weighted by Crippen LogP contribution is -2.12. The summed E-state index contributed by atoms with van der Waals surface area (Å²) in [5.41, 5.74) is 1.90. The maximum absolute atomic E-state index is 12.5. The zero-order valence-electron chi connectivity index (χ0n) is 15.7. The van der Waals surface area contributed by atoms with E-state index >= 15 is 0 Å². The highest BCUT2D eigenvalue weighted by Crippen LogP contribution is 2.21. The van der Waals surface area contributed by atoms with Gasteiger partial charge in [0.2, 0.25) is 5.89 Å². The van der Waals surface area contributed by atoms with Gasteiger partial charge >= 0.3 is 5.63 Å². The second-order valence-corrected chi connectivity index (χ2v) is 6.32. The van der Waals surface area contributed by atoms with Gasteiger partial charge in [-0.2, -0.15) is 0 Å². The van der Waals surface area contributed by atoms with Crippen molar-refractivity contribution in [2.75, 3.05) is 11.9 Å². The molecule has 3 aromatic carbocycles. The third-order valence-electron chi connectivity index (χ3n) is 4.33. The quantitative estimate of drug-likeness (QED) is 0.546. The van der Waals surface area contributed by atoms with Crippen LogP contribution in [0.2, 0.25) is 0 Å². The number of nitrogens with zero attached hydrogens (tertiary/aromatic N) is 1. The van der Waals surface area contributed by atoms with Gasteiger partial charge in [0.1, 0.15) is 5.75 Å². The SMILES string of the molecule is CCOc1cccc(C(=O)Nc2ccc(-c3nc4ccccc4c(=O)o3)cc2)c1. The molecule has 1 aromatic heterocycles. The minimum atomic E-state index is -0.433. The van der Waals surface area contributed by atoms with Crippen molar-refractivity contribution < 1.29 is 13.9 Å². The summed E-state index contributed by atoms with van der Waals surface area (Å²) < 4.78 is 10.8. The average molecular weight is 386 g/mol. The fourth-order valence-electron chi connectivity index (χ4n) is 2.94. The number of benzene rings is 3. The Labute approximate surface area is 166 Å². The van der Waals surface area contributed by atoms with Crippen LogP contribution in [-0.2, 0) is 0 Å². The van der Waals surface area contributed by atoms with Crippen molar-refractivity contribution >= 4 is 22.5 Å². The molecule has 0 saturated heterocycles. The molecule has 0 saturated carbocycles. The second kappa shape index (κ2) is 7.98. The second-order valence-electron chi connectivity index (χ2n) is 6.32. The van der Waals surface area contributed by atoms with Gasteiger partial charge in [-0.15, -0.1) is 0 Å². The number of amides is 1. The van der Waals surface area contributed by atoms with Crippen molar-refractivity contribution in [1.29, 1.82) is 0 Å². The van der Waals surface area contributed by atoms with Gasteiger partial charge in [-0.25, -0.2) is 9.78 Å². The third kappa shape index (κ3) is 4.01. The highest BCUT2D eigenvalue weighted by atomic mass is 16.5. The molecule has 0 unspecified atom stereocenters. The van der Waals surface area contributed by atoms with E-state index in [1.807, 2.05) is 13.0 Å². The van der Waals surface area contributed by atoms with E-state index < -0.39 is 5.63 Å². The van der Waals surface area contributed by atoms with E-state index in [2.05, 4.69) is 10.3 Å². The predicted octanol–water partition coefficient (Wildman–Crippen LogP) is 4.51. The Morgan fingerprint density at radius 2 is 1.83 bits per heavy atom. The number of fused-ring (bicyclic) bond motifs is 1. The van der Waals surface area contributed by atoms with E-state index in [-0.39, 0.29) is 11.8 Å². The summed E-state index contributed by atoms with van der Waals surface area (Å²) in [6.45, 7) is 2.42.